The molecular weight excluding hydrogens is 162 g/mol. The van der Waals surface area contributed by atoms with Crippen LogP contribution in [0, 0.1) is 5.92 Å². The average molecular weight is 177 g/mol. The van der Waals surface area contributed by atoms with E-state index in [9.17, 15) is 4.79 Å². The summed E-state index contributed by atoms with van der Waals surface area (Å²) in [6, 6.07) is 4.28. The predicted octanol–water partition coefficient (Wildman–Crippen LogP) is 2.66. The lowest BCUT2D eigenvalue weighted by Gasteiger charge is -2.14. The molecule has 0 spiro atoms. The van der Waals surface area contributed by atoms with E-state index in [0.717, 1.165) is 17.9 Å². The van der Waals surface area contributed by atoms with Gasteiger partial charge in [-0.3, -0.25) is 4.79 Å². The molecule has 0 saturated heterocycles. The normalized spacial score (nSPS) is 18.5. The van der Waals surface area contributed by atoms with Gasteiger partial charge in [-0.25, -0.2) is 0 Å². The third kappa shape index (κ3) is 1.82. The molecule has 1 atom stereocenters. The van der Waals surface area contributed by atoms with Crippen LogP contribution in [-0.2, 0) is 0 Å². The molecule has 0 radical (unpaired) electrons. The molecule has 0 N–H and O–H groups in total. The maximum Gasteiger partial charge on any atom is 0.166 e. The van der Waals surface area contributed by atoms with Crippen molar-refractivity contribution in [2.45, 2.75) is 32.2 Å². The molecule has 0 aromatic carbocycles. The van der Waals surface area contributed by atoms with Gasteiger partial charge in [0.05, 0.1) is 5.69 Å². The van der Waals surface area contributed by atoms with Crippen LogP contribution in [0.4, 0.5) is 0 Å². The summed E-state index contributed by atoms with van der Waals surface area (Å²) in [7, 11) is 0. The maximum atomic E-state index is 10.7. The molecule has 2 nitrogen and oxygen atoms in total. The lowest BCUT2D eigenvalue weighted by Crippen LogP contribution is -2.07. The van der Waals surface area contributed by atoms with E-state index >= 15 is 0 Å². The van der Waals surface area contributed by atoms with Crippen LogP contribution in [0.5, 0.6) is 0 Å². The molecule has 2 heteroatoms. The first kappa shape index (κ1) is 8.54. The van der Waals surface area contributed by atoms with Gasteiger partial charge < -0.3 is 4.57 Å². The summed E-state index contributed by atoms with van der Waals surface area (Å²) in [6.07, 6.45) is 6.90. The Kier molecular flexibility index (Phi) is 2.21. The van der Waals surface area contributed by atoms with Crippen molar-refractivity contribution in [3.8, 4) is 0 Å². The Bertz CT molecular complexity index is 299. The van der Waals surface area contributed by atoms with Crippen LogP contribution in [0.15, 0.2) is 18.3 Å². The number of carbonyl (C=O) groups excluding carboxylic acids is 1. The highest BCUT2D eigenvalue weighted by Crippen LogP contribution is 2.36. The Morgan fingerprint density at radius 1 is 1.69 bits per heavy atom. The quantitative estimate of drug-likeness (QED) is 0.648. The number of hydrogen-bond acceptors (Lipinski definition) is 1. The second-order valence-corrected chi connectivity index (χ2v) is 3.99. The Morgan fingerprint density at radius 3 is 3.08 bits per heavy atom. The van der Waals surface area contributed by atoms with Crippen molar-refractivity contribution in [2.75, 3.05) is 0 Å². The van der Waals surface area contributed by atoms with E-state index in [1.54, 1.807) is 0 Å². The van der Waals surface area contributed by atoms with Gasteiger partial charge in [-0.05, 0) is 31.4 Å². The minimum absolute atomic E-state index is 0.475. The lowest BCUT2D eigenvalue weighted by atomic mass is 10.1. The SMILES string of the molecule is CC(CC1CC1)n1cccc1C=O. The molecule has 0 aliphatic heterocycles. The summed E-state index contributed by atoms with van der Waals surface area (Å²) in [5.74, 6) is 0.914. The zero-order valence-electron chi connectivity index (χ0n) is 7.94. The molecule has 1 aliphatic carbocycles. The molecule has 2 rings (SSSR count). The second-order valence-electron chi connectivity index (χ2n) is 3.99. The summed E-state index contributed by atoms with van der Waals surface area (Å²) in [4.78, 5) is 10.7. The third-order valence-corrected chi connectivity index (χ3v) is 2.78. The summed E-state index contributed by atoms with van der Waals surface area (Å²) in [6.45, 7) is 2.19. The third-order valence-electron chi connectivity index (χ3n) is 2.78. The largest absolute Gasteiger partial charge is 0.343 e. The highest BCUT2D eigenvalue weighted by molar-refractivity contribution is 5.72. The first-order valence-corrected chi connectivity index (χ1v) is 4.93. The fourth-order valence-corrected chi connectivity index (χ4v) is 1.86. The van der Waals surface area contributed by atoms with E-state index in [0.29, 0.717) is 6.04 Å². The van der Waals surface area contributed by atoms with Crippen molar-refractivity contribution >= 4 is 6.29 Å². The standard InChI is InChI=1S/C11H15NO/c1-9(7-10-4-5-10)12-6-2-3-11(12)8-13/h2-3,6,8-10H,4-5,7H2,1H3. The van der Waals surface area contributed by atoms with Crippen LogP contribution in [0.2, 0.25) is 0 Å². The van der Waals surface area contributed by atoms with Crippen molar-refractivity contribution in [2.24, 2.45) is 5.92 Å². The fraction of sp³-hybridized carbons (Fsp3) is 0.545. The van der Waals surface area contributed by atoms with E-state index < -0.39 is 0 Å². The molecule has 1 unspecified atom stereocenters. The number of carbonyl (C=O) groups is 1. The first-order valence-electron chi connectivity index (χ1n) is 4.93. The van der Waals surface area contributed by atoms with Gasteiger partial charge in [0.15, 0.2) is 6.29 Å². The zero-order chi connectivity index (χ0) is 9.26. The summed E-state index contributed by atoms with van der Waals surface area (Å²) >= 11 is 0. The molecule has 70 valence electrons. The average Bonchev–Trinajstić information content (AvgIpc) is 2.82. The van der Waals surface area contributed by atoms with Crippen LogP contribution in [0.1, 0.15) is 42.7 Å². The van der Waals surface area contributed by atoms with Crippen LogP contribution >= 0.6 is 0 Å². The van der Waals surface area contributed by atoms with Crippen LogP contribution < -0.4 is 0 Å². The van der Waals surface area contributed by atoms with Crippen molar-refractivity contribution in [1.29, 1.82) is 0 Å². The van der Waals surface area contributed by atoms with Gasteiger partial charge in [-0.2, -0.15) is 0 Å². The van der Waals surface area contributed by atoms with E-state index in [4.69, 9.17) is 0 Å². The topological polar surface area (TPSA) is 22.0 Å². The van der Waals surface area contributed by atoms with Gasteiger partial charge in [0, 0.05) is 12.2 Å². The van der Waals surface area contributed by atoms with Gasteiger partial charge in [0.2, 0.25) is 0 Å². The first-order chi connectivity index (χ1) is 6.31. The molecule has 0 amide bonds. The predicted molar refractivity (Wildman–Crippen MR) is 51.9 cm³/mol. The monoisotopic (exact) mass is 177 g/mol. The number of rotatable bonds is 4. The number of aldehydes is 1. The highest BCUT2D eigenvalue weighted by Gasteiger charge is 2.24. The minimum atomic E-state index is 0.475. The van der Waals surface area contributed by atoms with Crippen LogP contribution in [0.25, 0.3) is 0 Å². The Labute approximate surface area is 78.6 Å². The fourth-order valence-electron chi connectivity index (χ4n) is 1.86. The molecule has 1 heterocycles. The molecule has 1 fully saturated rings. The van der Waals surface area contributed by atoms with Crippen LogP contribution in [0.3, 0.4) is 0 Å². The Morgan fingerprint density at radius 2 is 2.46 bits per heavy atom. The van der Waals surface area contributed by atoms with Gasteiger partial charge in [-0.15, -0.1) is 0 Å². The van der Waals surface area contributed by atoms with E-state index in [1.165, 1.54) is 19.3 Å². The smallest absolute Gasteiger partial charge is 0.166 e. The molecule has 13 heavy (non-hydrogen) atoms. The number of aromatic nitrogens is 1. The number of hydrogen-bond donors (Lipinski definition) is 0. The summed E-state index contributed by atoms with van der Waals surface area (Å²) in [5, 5.41) is 0. The van der Waals surface area contributed by atoms with Gasteiger partial charge in [0.1, 0.15) is 0 Å². The second kappa shape index (κ2) is 3.36. The molecule has 0 bridgehead atoms. The van der Waals surface area contributed by atoms with E-state index in [1.807, 2.05) is 18.3 Å². The number of nitrogens with zero attached hydrogens (tertiary/aromatic N) is 1. The van der Waals surface area contributed by atoms with Crippen molar-refractivity contribution < 1.29 is 4.79 Å². The lowest BCUT2D eigenvalue weighted by molar-refractivity contribution is 0.111. The van der Waals surface area contributed by atoms with Gasteiger partial charge in [0.25, 0.3) is 0 Å². The summed E-state index contributed by atoms with van der Waals surface area (Å²) in [5.41, 5.74) is 0.799. The van der Waals surface area contributed by atoms with Gasteiger partial charge in [-0.1, -0.05) is 12.8 Å². The molecule has 1 saturated carbocycles. The van der Waals surface area contributed by atoms with E-state index in [-0.39, 0.29) is 0 Å². The van der Waals surface area contributed by atoms with Crippen molar-refractivity contribution in [1.82, 2.24) is 4.57 Å². The Balaban J connectivity index is 2.08. The van der Waals surface area contributed by atoms with Crippen LogP contribution in [-0.4, -0.2) is 10.9 Å². The molecule has 1 aromatic heterocycles. The zero-order valence-corrected chi connectivity index (χ0v) is 7.94. The highest BCUT2D eigenvalue weighted by atomic mass is 16.1. The molecular formula is C11H15NO. The minimum Gasteiger partial charge on any atom is -0.343 e. The van der Waals surface area contributed by atoms with E-state index in [2.05, 4.69) is 11.5 Å². The maximum absolute atomic E-state index is 10.7. The van der Waals surface area contributed by atoms with Gasteiger partial charge >= 0.3 is 0 Å². The molecule has 1 aromatic rings. The van der Waals surface area contributed by atoms with Crippen molar-refractivity contribution in [3.63, 3.8) is 0 Å². The van der Waals surface area contributed by atoms with Crippen molar-refractivity contribution in [3.05, 3.63) is 24.0 Å². The Hall–Kier alpha value is -1.05. The molecule has 1 aliphatic rings. The summed E-state index contributed by atoms with van der Waals surface area (Å²) < 4.78 is 2.07.